The summed E-state index contributed by atoms with van der Waals surface area (Å²) < 4.78 is 6.15. The zero-order valence-electron chi connectivity index (χ0n) is 16.3. The Morgan fingerprint density at radius 1 is 0.897 bits per heavy atom. The van der Waals surface area contributed by atoms with E-state index in [-0.39, 0.29) is 0 Å². The molecule has 2 aromatic heterocycles. The minimum absolute atomic E-state index is 0.496. The second-order valence-electron chi connectivity index (χ2n) is 6.87. The van der Waals surface area contributed by atoms with Crippen LogP contribution in [0.1, 0.15) is 22.4 Å². The van der Waals surface area contributed by atoms with Crippen molar-refractivity contribution in [2.75, 3.05) is 5.32 Å². The molecule has 29 heavy (non-hydrogen) atoms. The van der Waals surface area contributed by atoms with Gasteiger partial charge >= 0.3 is 0 Å². The summed E-state index contributed by atoms with van der Waals surface area (Å²) in [5.74, 6) is 1.44. The average molecular weight is 402 g/mol. The van der Waals surface area contributed by atoms with Crippen molar-refractivity contribution in [3.63, 3.8) is 0 Å². The Kier molecular flexibility index (Phi) is 6.17. The molecule has 0 aliphatic carbocycles. The fourth-order valence-corrected chi connectivity index (χ4v) is 3.69. The van der Waals surface area contributed by atoms with Gasteiger partial charge in [-0.3, -0.25) is 0 Å². The molecule has 0 aliphatic heterocycles. The first-order chi connectivity index (χ1) is 14.3. The maximum absolute atomic E-state index is 6.15. The molecule has 2 heterocycles. The van der Waals surface area contributed by atoms with Crippen molar-refractivity contribution >= 4 is 22.3 Å². The van der Waals surface area contributed by atoms with Crippen LogP contribution >= 0.6 is 11.3 Å². The van der Waals surface area contributed by atoms with Crippen LogP contribution in [0.15, 0.2) is 78.3 Å². The van der Waals surface area contributed by atoms with Gasteiger partial charge in [0.15, 0.2) is 16.7 Å². The van der Waals surface area contributed by atoms with Crippen molar-refractivity contribution in [1.82, 2.24) is 9.97 Å². The third kappa shape index (κ3) is 5.42. The molecular weight excluding hydrogens is 378 g/mol. The fraction of sp³-hybridized carbons (Fsp3) is 0.167. The quantitative estimate of drug-likeness (QED) is 0.396. The van der Waals surface area contributed by atoms with Crippen molar-refractivity contribution in [3.05, 3.63) is 101 Å². The van der Waals surface area contributed by atoms with Crippen LogP contribution in [-0.4, -0.2) is 9.97 Å². The van der Waals surface area contributed by atoms with Gasteiger partial charge in [-0.2, -0.15) is 0 Å². The first-order valence-corrected chi connectivity index (χ1v) is 10.5. The van der Waals surface area contributed by atoms with Crippen LogP contribution in [0.3, 0.4) is 0 Å². The van der Waals surface area contributed by atoms with Crippen molar-refractivity contribution in [2.45, 2.75) is 26.4 Å². The minimum Gasteiger partial charge on any atom is -0.485 e. The van der Waals surface area contributed by atoms with Gasteiger partial charge in [0.25, 0.3) is 0 Å². The third-order valence-electron chi connectivity index (χ3n) is 4.54. The Bertz CT molecular complexity index is 1050. The van der Waals surface area contributed by atoms with Gasteiger partial charge in [0, 0.05) is 11.6 Å². The zero-order chi connectivity index (χ0) is 19.9. The predicted octanol–water partition coefficient (Wildman–Crippen LogP) is 5.95. The van der Waals surface area contributed by atoms with Gasteiger partial charge in [0.1, 0.15) is 6.61 Å². The lowest BCUT2D eigenvalue weighted by atomic mass is 10.1. The minimum atomic E-state index is 0.496. The summed E-state index contributed by atoms with van der Waals surface area (Å²) in [4.78, 5) is 9.11. The molecule has 0 spiro atoms. The fourth-order valence-electron chi connectivity index (χ4n) is 3.01. The zero-order valence-corrected chi connectivity index (χ0v) is 17.2. The molecule has 5 heteroatoms. The van der Waals surface area contributed by atoms with Crippen molar-refractivity contribution in [2.24, 2.45) is 0 Å². The van der Waals surface area contributed by atoms with E-state index in [9.17, 15) is 0 Å². The van der Waals surface area contributed by atoms with E-state index >= 15 is 0 Å². The molecule has 0 saturated heterocycles. The molecule has 0 saturated carbocycles. The monoisotopic (exact) mass is 401 g/mol. The van der Waals surface area contributed by atoms with E-state index in [0.717, 1.165) is 40.5 Å². The summed E-state index contributed by atoms with van der Waals surface area (Å²) in [5, 5.41) is 6.13. The number of hydrogen-bond acceptors (Lipinski definition) is 5. The van der Waals surface area contributed by atoms with Crippen LogP contribution in [-0.2, 0) is 19.4 Å². The van der Waals surface area contributed by atoms with Gasteiger partial charge in [-0.15, -0.1) is 11.3 Å². The number of ether oxygens (including phenoxy) is 1. The van der Waals surface area contributed by atoms with E-state index in [1.165, 1.54) is 5.56 Å². The summed E-state index contributed by atoms with van der Waals surface area (Å²) in [6.07, 6.45) is 3.80. The number of hydrogen-bond donors (Lipinski definition) is 1. The standard InChI is InChI=1S/C24H23N3OS/c1-18-17-29-24(26-18)27-23-22(28-16-20-10-6-3-7-11-20)14-21(15-25-23)13-12-19-8-4-2-5-9-19/h2-11,14-15,17H,12-13,16H2,1H3,(H,25,26,27). The highest BCUT2D eigenvalue weighted by Crippen LogP contribution is 2.29. The Morgan fingerprint density at radius 2 is 1.59 bits per heavy atom. The largest absolute Gasteiger partial charge is 0.485 e. The Labute approximate surface area is 175 Å². The number of aryl methyl sites for hydroxylation is 3. The van der Waals surface area contributed by atoms with Crippen LogP contribution < -0.4 is 10.1 Å². The lowest BCUT2D eigenvalue weighted by Crippen LogP contribution is -2.03. The highest BCUT2D eigenvalue weighted by Gasteiger charge is 2.10. The van der Waals surface area contributed by atoms with Crippen LogP contribution in [0.2, 0.25) is 0 Å². The van der Waals surface area contributed by atoms with E-state index < -0.39 is 0 Å². The smallest absolute Gasteiger partial charge is 0.188 e. The molecule has 0 amide bonds. The number of benzene rings is 2. The topological polar surface area (TPSA) is 47.0 Å². The lowest BCUT2D eigenvalue weighted by molar-refractivity contribution is 0.306. The molecule has 0 aliphatic rings. The Balaban J connectivity index is 1.52. The highest BCUT2D eigenvalue weighted by molar-refractivity contribution is 7.13. The molecule has 4 aromatic rings. The molecule has 0 radical (unpaired) electrons. The van der Waals surface area contributed by atoms with Gasteiger partial charge in [0.05, 0.1) is 5.69 Å². The molecule has 0 unspecified atom stereocenters. The van der Waals surface area contributed by atoms with Crippen molar-refractivity contribution in [3.8, 4) is 5.75 Å². The first kappa shape index (κ1) is 19.2. The summed E-state index contributed by atoms with van der Waals surface area (Å²) in [6, 6.07) is 22.7. The molecule has 4 rings (SSSR count). The molecule has 1 N–H and O–H groups in total. The summed E-state index contributed by atoms with van der Waals surface area (Å²) in [7, 11) is 0. The van der Waals surface area contributed by atoms with Gasteiger partial charge in [0.2, 0.25) is 0 Å². The predicted molar refractivity (Wildman–Crippen MR) is 119 cm³/mol. The lowest BCUT2D eigenvalue weighted by Gasteiger charge is -2.13. The molecule has 0 atom stereocenters. The molecule has 0 bridgehead atoms. The Morgan fingerprint density at radius 3 is 2.28 bits per heavy atom. The average Bonchev–Trinajstić information content (AvgIpc) is 3.18. The van der Waals surface area contributed by atoms with E-state index in [1.54, 1.807) is 11.3 Å². The molecule has 2 aromatic carbocycles. The molecule has 146 valence electrons. The number of aromatic nitrogens is 2. The number of rotatable bonds is 8. The molecular formula is C24H23N3OS. The SMILES string of the molecule is Cc1csc(Nc2ncc(CCc3ccccc3)cc2OCc2ccccc2)n1. The van der Waals surface area contributed by atoms with Crippen LogP contribution in [0.5, 0.6) is 5.75 Å². The van der Waals surface area contributed by atoms with Crippen LogP contribution in [0, 0.1) is 6.92 Å². The van der Waals surface area contributed by atoms with E-state index in [2.05, 4.69) is 57.7 Å². The van der Waals surface area contributed by atoms with Crippen molar-refractivity contribution < 1.29 is 4.74 Å². The second-order valence-corrected chi connectivity index (χ2v) is 7.73. The summed E-state index contributed by atoms with van der Waals surface area (Å²) in [6.45, 7) is 2.48. The molecule has 0 fully saturated rings. The van der Waals surface area contributed by atoms with E-state index in [0.29, 0.717) is 12.4 Å². The van der Waals surface area contributed by atoms with Crippen LogP contribution in [0.4, 0.5) is 10.9 Å². The highest BCUT2D eigenvalue weighted by atomic mass is 32.1. The van der Waals surface area contributed by atoms with Gasteiger partial charge in [-0.05, 0) is 42.5 Å². The van der Waals surface area contributed by atoms with Gasteiger partial charge in [-0.1, -0.05) is 60.7 Å². The van der Waals surface area contributed by atoms with Crippen LogP contribution in [0.25, 0.3) is 0 Å². The first-order valence-electron chi connectivity index (χ1n) is 9.65. The maximum Gasteiger partial charge on any atom is 0.188 e. The Hall–Kier alpha value is -3.18. The number of pyridine rings is 1. The number of nitrogens with zero attached hydrogens (tertiary/aromatic N) is 2. The third-order valence-corrected chi connectivity index (χ3v) is 5.41. The van der Waals surface area contributed by atoms with Gasteiger partial charge in [-0.25, -0.2) is 9.97 Å². The number of thiazole rings is 1. The van der Waals surface area contributed by atoms with E-state index in [4.69, 9.17) is 4.74 Å². The molecule has 4 nitrogen and oxygen atoms in total. The normalized spacial score (nSPS) is 10.7. The second kappa shape index (κ2) is 9.34. The number of nitrogens with one attached hydrogen (secondary N) is 1. The number of anilines is 2. The van der Waals surface area contributed by atoms with Gasteiger partial charge < -0.3 is 10.1 Å². The maximum atomic E-state index is 6.15. The summed E-state index contributed by atoms with van der Waals surface area (Å²) >= 11 is 1.56. The summed E-state index contributed by atoms with van der Waals surface area (Å²) in [5.41, 5.74) is 4.58. The van der Waals surface area contributed by atoms with E-state index in [1.807, 2.05) is 42.8 Å². The van der Waals surface area contributed by atoms with Crippen molar-refractivity contribution in [1.29, 1.82) is 0 Å².